The Morgan fingerprint density at radius 3 is 1.81 bits per heavy atom. The predicted octanol–water partition coefficient (Wildman–Crippen LogP) is 4.73. The molecule has 24 nitrogen and oxygen atoms in total. The van der Waals surface area contributed by atoms with Crippen molar-refractivity contribution < 1.29 is 94.7 Å². The number of hydrogen-bond acceptors (Lipinski definition) is 19. The fourth-order valence-corrected chi connectivity index (χ4v) is 12.1. The summed E-state index contributed by atoms with van der Waals surface area (Å²) in [5.41, 5.74) is 0.463. The number of ether oxygens (including phenoxy) is 10. The number of nitrogens with one attached hydrogen (secondary N) is 5. The number of rotatable bonds is 27. The first-order chi connectivity index (χ1) is 44.8. The molecule has 4 fully saturated rings. The zero-order chi connectivity index (χ0) is 66.0. The van der Waals surface area contributed by atoms with Gasteiger partial charge in [0.25, 0.3) is 11.5 Å². The summed E-state index contributed by atoms with van der Waals surface area (Å²) in [5, 5.41) is 30.0. The van der Waals surface area contributed by atoms with Gasteiger partial charge < -0.3 is 78.5 Å². The summed E-state index contributed by atoms with van der Waals surface area (Å²) in [7, 11) is 1.12. The minimum Gasteiger partial charge on any atom is -0.469 e. The van der Waals surface area contributed by atoms with E-state index in [0.29, 0.717) is 18.4 Å². The lowest BCUT2D eigenvalue weighted by Gasteiger charge is -2.50. The minimum atomic E-state index is -5.41. The highest BCUT2D eigenvalue weighted by Crippen LogP contribution is 2.39. The van der Waals surface area contributed by atoms with E-state index in [2.05, 4.69) is 15.6 Å². The second-order valence-corrected chi connectivity index (χ2v) is 23.5. The Bertz CT molecular complexity index is 3300. The van der Waals surface area contributed by atoms with Crippen LogP contribution in [0, 0.1) is 11.8 Å². The number of H-pyrrole nitrogens is 2. The SMILES string of the molecule is COC(=O)C1C[C@@H](NC(=O)c2cc(=O)[nH]c(=O)[nH]2)C(O[C@@H]2OC(C)[C@@H](OCc3ccccc3)C(OCc3ccccc3)C2OCc2ccccc2)[C@H](O[C@@H]2OC(CO)[C@H](O)C(O[C@@H](CC3CCCCC3)C(=O)OCc3ccccc3)C2NC(=O)CNC(=O)C(F)(F)F)C1. The number of benzene rings is 4. The molecule has 8 unspecified atom stereocenters. The number of aliphatic hydroxyl groups is 2. The highest BCUT2D eigenvalue weighted by atomic mass is 19.4. The monoisotopic (exact) mass is 1300 g/mol. The highest BCUT2D eigenvalue weighted by molar-refractivity contribution is 5.92. The number of carbonyl (C=O) groups is 5. The maximum atomic E-state index is 14.5. The maximum Gasteiger partial charge on any atom is 0.471 e. The van der Waals surface area contributed by atoms with Crippen molar-refractivity contribution in [3.63, 3.8) is 0 Å². The predicted molar refractivity (Wildman–Crippen MR) is 322 cm³/mol. The molecule has 93 heavy (non-hydrogen) atoms. The van der Waals surface area contributed by atoms with Crippen LogP contribution in [-0.4, -0.2) is 162 Å². The molecule has 4 aromatic carbocycles. The molecule has 0 radical (unpaired) electrons. The molecule has 15 atom stereocenters. The van der Waals surface area contributed by atoms with Crippen LogP contribution in [0.5, 0.6) is 0 Å². The van der Waals surface area contributed by atoms with Gasteiger partial charge in [0.1, 0.15) is 61.1 Å². The van der Waals surface area contributed by atoms with E-state index in [4.69, 9.17) is 47.4 Å². The van der Waals surface area contributed by atoms with Crippen LogP contribution >= 0.6 is 0 Å². The fraction of sp³-hybridized carbons (Fsp3) is 0.500. The standard InChI is InChI=1S/C66H78F3N5O19/c1-38-54(85-34-40-20-10-4-11-21-40)57(86-35-41-22-12-5-13-23-41)58(87-36-42-24-14-6-15-25-42)63(89-38)93-55-45(71-59(79)46-31-50(76)74-65(83)72-46)29-44(60(80)84-2)30-47(55)91-62-52(73-51(77)32-70-64(82)66(67,68)69)56(53(78)49(33-75)92-62)90-48(28-39-18-8-3-9-19-39)61(81)88-37-43-26-16-7-17-27-43/h4-7,10-17,20-27,31,38-39,44-45,47-49,52-58,62-63,75,78H,3,8-9,18-19,28-30,32-37H2,1-2H3,(H,70,82)(H,71,79)(H,73,77)(H2,72,74,76,83)/t38?,44?,45-,47-,48+,49?,52?,53+,54-,55?,56?,57?,58?,62-,63+/m1/s1. The summed E-state index contributed by atoms with van der Waals surface area (Å²) in [6.07, 6.45) is -19.8. The number of aromatic amines is 2. The van der Waals surface area contributed by atoms with E-state index in [1.54, 1.807) is 37.3 Å². The average Bonchev–Trinajstić information content (AvgIpc) is 0.882. The van der Waals surface area contributed by atoms with Crippen LogP contribution < -0.4 is 27.2 Å². The van der Waals surface area contributed by atoms with Crippen molar-refractivity contribution >= 4 is 29.7 Å². The molecule has 502 valence electrons. The lowest BCUT2D eigenvalue weighted by molar-refractivity contribution is -0.348. The molecule has 5 aromatic rings. The largest absolute Gasteiger partial charge is 0.471 e. The van der Waals surface area contributed by atoms with E-state index < -0.39 is 158 Å². The van der Waals surface area contributed by atoms with Gasteiger partial charge in [0.05, 0.1) is 64.2 Å². The number of esters is 2. The molecule has 7 N–H and O–H groups in total. The van der Waals surface area contributed by atoms with Gasteiger partial charge in [-0.2, -0.15) is 13.2 Å². The van der Waals surface area contributed by atoms with Crippen LogP contribution in [0.15, 0.2) is 137 Å². The maximum absolute atomic E-state index is 14.5. The zero-order valence-electron chi connectivity index (χ0n) is 51.2. The molecule has 2 aliphatic carbocycles. The van der Waals surface area contributed by atoms with Gasteiger partial charge in [0.2, 0.25) is 5.91 Å². The second kappa shape index (κ2) is 33.4. The van der Waals surface area contributed by atoms with Gasteiger partial charge in [-0.15, -0.1) is 0 Å². The molecule has 4 aliphatic rings. The Morgan fingerprint density at radius 2 is 1.25 bits per heavy atom. The first-order valence-electron chi connectivity index (χ1n) is 30.9. The number of carbonyl (C=O) groups excluding carboxylic acids is 5. The van der Waals surface area contributed by atoms with Crippen LogP contribution in [0.2, 0.25) is 0 Å². The van der Waals surface area contributed by atoms with Gasteiger partial charge in [-0.3, -0.25) is 29.0 Å². The van der Waals surface area contributed by atoms with Gasteiger partial charge in [-0.1, -0.05) is 153 Å². The lowest BCUT2D eigenvalue weighted by atomic mass is 9.81. The van der Waals surface area contributed by atoms with Crippen molar-refractivity contribution in [1.82, 2.24) is 25.9 Å². The minimum absolute atomic E-state index is 0.0315. The van der Waals surface area contributed by atoms with E-state index in [-0.39, 0.29) is 51.6 Å². The van der Waals surface area contributed by atoms with Gasteiger partial charge in [0, 0.05) is 6.07 Å². The number of aliphatic hydroxyl groups excluding tert-OH is 2. The highest BCUT2D eigenvalue weighted by Gasteiger charge is 2.55. The summed E-state index contributed by atoms with van der Waals surface area (Å²) in [6, 6.07) is 34.0. The summed E-state index contributed by atoms with van der Waals surface area (Å²) in [4.78, 5) is 98.7. The normalized spacial score (nSPS) is 27.0. The Hall–Kier alpha value is -7.70. The Balaban J connectivity index is 1.14. The number of alkyl halides is 3. The second-order valence-electron chi connectivity index (χ2n) is 23.5. The number of halogens is 3. The molecule has 27 heteroatoms. The Kier molecular flexibility index (Phi) is 25.0. The van der Waals surface area contributed by atoms with Crippen LogP contribution in [0.3, 0.4) is 0 Å². The molecule has 2 saturated carbocycles. The van der Waals surface area contributed by atoms with Crippen molar-refractivity contribution in [2.75, 3.05) is 20.3 Å². The molecule has 0 bridgehead atoms. The topological polar surface area (TPSA) is 320 Å². The van der Waals surface area contributed by atoms with Gasteiger partial charge >= 0.3 is 29.7 Å². The molecular weight excluding hydrogens is 1220 g/mol. The van der Waals surface area contributed by atoms with Crippen molar-refractivity contribution in [1.29, 1.82) is 0 Å². The number of methoxy groups -OCH3 is 1. The van der Waals surface area contributed by atoms with Crippen LogP contribution in [-0.2, 0) is 93.0 Å². The molecule has 2 aliphatic heterocycles. The van der Waals surface area contributed by atoms with Gasteiger partial charge in [-0.05, 0) is 54.4 Å². The summed E-state index contributed by atoms with van der Waals surface area (Å²) >= 11 is 0. The fourth-order valence-electron chi connectivity index (χ4n) is 12.1. The van der Waals surface area contributed by atoms with Crippen molar-refractivity contribution in [3.05, 3.63) is 176 Å². The van der Waals surface area contributed by atoms with Crippen LogP contribution in [0.25, 0.3) is 0 Å². The quantitative estimate of drug-likeness (QED) is 0.0350. The Labute approximate surface area is 533 Å². The van der Waals surface area contributed by atoms with Crippen LogP contribution in [0.4, 0.5) is 13.2 Å². The van der Waals surface area contributed by atoms with E-state index >= 15 is 0 Å². The molecule has 2 saturated heterocycles. The number of amides is 3. The average molecular weight is 1300 g/mol. The molecule has 0 spiro atoms. The third-order valence-electron chi connectivity index (χ3n) is 16.8. The van der Waals surface area contributed by atoms with Gasteiger partial charge in [-0.25, -0.2) is 9.59 Å². The smallest absolute Gasteiger partial charge is 0.469 e. The van der Waals surface area contributed by atoms with Crippen molar-refractivity contribution in [3.8, 4) is 0 Å². The van der Waals surface area contributed by atoms with E-state index in [9.17, 15) is 56.9 Å². The Morgan fingerprint density at radius 1 is 0.677 bits per heavy atom. The van der Waals surface area contributed by atoms with E-state index in [0.717, 1.165) is 49.1 Å². The number of hydrogen-bond donors (Lipinski definition) is 7. The van der Waals surface area contributed by atoms with Crippen molar-refractivity contribution in [2.45, 2.75) is 177 Å². The number of aromatic nitrogens is 2. The zero-order valence-corrected chi connectivity index (χ0v) is 51.2. The van der Waals surface area contributed by atoms with E-state index in [1.807, 2.05) is 96.0 Å². The summed E-state index contributed by atoms with van der Waals surface area (Å²) < 4.78 is 106. The van der Waals surface area contributed by atoms with Crippen molar-refractivity contribution in [2.24, 2.45) is 11.8 Å². The van der Waals surface area contributed by atoms with Crippen LogP contribution in [0.1, 0.15) is 91.0 Å². The molecule has 9 rings (SSSR count). The summed E-state index contributed by atoms with van der Waals surface area (Å²) in [5.74, 6) is -7.84. The first-order valence-corrected chi connectivity index (χ1v) is 30.9. The first kappa shape index (κ1) is 69.6. The molecule has 3 amide bonds. The lowest BCUT2D eigenvalue weighted by Crippen LogP contribution is -2.68. The third kappa shape index (κ3) is 19.5. The summed E-state index contributed by atoms with van der Waals surface area (Å²) in [6.45, 7) is -0.672. The third-order valence-corrected chi connectivity index (χ3v) is 16.8. The molecule has 1 aromatic heterocycles. The molecule has 3 heterocycles. The van der Waals surface area contributed by atoms with Gasteiger partial charge in [0.15, 0.2) is 18.7 Å². The van der Waals surface area contributed by atoms with E-state index in [1.165, 1.54) is 5.32 Å². The molecular formula is C66H78F3N5O19.